The van der Waals surface area contributed by atoms with Crippen LogP contribution in [0.1, 0.15) is 19.3 Å². The molecule has 0 bridgehead atoms. The quantitative estimate of drug-likeness (QED) is 0.744. The number of aliphatic carboxylic acids is 1. The topological polar surface area (TPSA) is 105 Å². The predicted octanol–water partition coefficient (Wildman–Crippen LogP) is 0.749. The molecule has 1 atom stereocenters. The Morgan fingerprint density at radius 3 is 2.88 bits per heavy atom. The molecule has 8 heteroatoms. The van der Waals surface area contributed by atoms with Gasteiger partial charge in [-0.15, -0.1) is 0 Å². The number of benzene rings is 1. The highest BCUT2D eigenvalue weighted by atomic mass is 16.7. The Balaban J connectivity index is 1.57. The average molecular weight is 334 g/mol. The fraction of sp³-hybridized carbons (Fsp3) is 0.438. The fourth-order valence-corrected chi connectivity index (χ4v) is 2.78. The smallest absolute Gasteiger partial charge is 0.303 e. The van der Waals surface area contributed by atoms with E-state index < -0.39 is 11.9 Å². The van der Waals surface area contributed by atoms with Gasteiger partial charge in [-0.1, -0.05) is 0 Å². The Morgan fingerprint density at radius 2 is 2.08 bits per heavy atom. The zero-order chi connectivity index (χ0) is 17.1. The van der Waals surface area contributed by atoms with E-state index in [1.165, 1.54) is 0 Å². The molecule has 128 valence electrons. The summed E-state index contributed by atoms with van der Waals surface area (Å²) in [5.41, 5.74) is 0.672. The average Bonchev–Trinajstić information content (AvgIpc) is 3.16. The van der Waals surface area contributed by atoms with E-state index in [9.17, 15) is 14.4 Å². The zero-order valence-electron chi connectivity index (χ0n) is 13.0. The van der Waals surface area contributed by atoms with E-state index in [0.717, 1.165) is 0 Å². The van der Waals surface area contributed by atoms with Crippen molar-refractivity contribution in [2.24, 2.45) is 5.92 Å². The molecule has 1 aromatic carbocycles. The van der Waals surface area contributed by atoms with Crippen molar-refractivity contribution in [1.82, 2.24) is 5.32 Å². The van der Waals surface area contributed by atoms with Crippen LogP contribution in [0.15, 0.2) is 18.2 Å². The summed E-state index contributed by atoms with van der Waals surface area (Å²) in [7, 11) is 0. The van der Waals surface area contributed by atoms with Crippen LogP contribution in [0.5, 0.6) is 11.5 Å². The lowest BCUT2D eigenvalue weighted by Gasteiger charge is -2.17. The van der Waals surface area contributed by atoms with Gasteiger partial charge in [0.15, 0.2) is 11.5 Å². The first-order valence-corrected chi connectivity index (χ1v) is 7.74. The van der Waals surface area contributed by atoms with Gasteiger partial charge in [-0.05, 0) is 18.6 Å². The van der Waals surface area contributed by atoms with Crippen molar-refractivity contribution in [2.45, 2.75) is 19.3 Å². The van der Waals surface area contributed by atoms with Crippen molar-refractivity contribution in [3.63, 3.8) is 0 Å². The second-order valence-electron chi connectivity index (χ2n) is 5.73. The molecule has 2 aliphatic rings. The third kappa shape index (κ3) is 3.42. The number of carbonyl (C=O) groups is 3. The van der Waals surface area contributed by atoms with Gasteiger partial charge < -0.3 is 24.8 Å². The van der Waals surface area contributed by atoms with Crippen LogP contribution in [0, 0.1) is 5.92 Å². The first-order chi connectivity index (χ1) is 11.5. The van der Waals surface area contributed by atoms with Gasteiger partial charge in [-0.25, -0.2) is 0 Å². The van der Waals surface area contributed by atoms with E-state index in [1.54, 1.807) is 23.1 Å². The summed E-state index contributed by atoms with van der Waals surface area (Å²) in [6, 6.07) is 5.23. The van der Waals surface area contributed by atoms with Gasteiger partial charge in [0.2, 0.25) is 18.6 Å². The molecular weight excluding hydrogens is 316 g/mol. The van der Waals surface area contributed by atoms with Crippen molar-refractivity contribution in [2.75, 3.05) is 24.8 Å². The van der Waals surface area contributed by atoms with Gasteiger partial charge in [0.05, 0.1) is 5.92 Å². The molecule has 1 unspecified atom stereocenters. The third-order valence-corrected chi connectivity index (χ3v) is 4.03. The second kappa shape index (κ2) is 6.77. The number of rotatable bonds is 6. The minimum absolute atomic E-state index is 0.00714. The van der Waals surface area contributed by atoms with E-state index in [1.807, 2.05) is 0 Å². The summed E-state index contributed by atoms with van der Waals surface area (Å²) in [5, 5.41) is 11.3. The Labute approximate surface area is 138 Å². The van der Waals surface area contributed by atoms with Gasteiger partial charge in [-0.3, -0.25) is 14.4 Å². The maximum atomic E-state index is 12.2. The Bertz CT molecular complexity index is 675. The van der Waals surface area contributed by atoms with Crippen molar-refractivity contribution in [3.8, 4) is 11.5 Å². The van der Waals surface area contributed by atoms with Gasteiger partial charge in [0.25, 0.3) is 0 Å². The lowest BCUT2D eigenvalue weighted by molar-refractivity contribution is -0.137. The lowest BCUT2D eigenvalue weighted by Crippen LogP contribution is -2.33. The molecule has 0 aromatic heterocycles. The summed E-state index contributed by atoms with van der Waals surface area (Å²) in [6.07, 6.45) is 0.514. The first-order valence-electron chi connectivity index (χ1n) is 7.74. The number of carbonyl (C=O) groups excluding carboxylic acids is 2. The van der Waals surface area contributed by atoms with Crippen LogP contribution < -0.4 is 19.7 Å². The third-order valence-electron chi connectivity index (χ3n) is 4.03. The van der Waals surface area contributed by atoms with Crippen molar-refractivity contribution < 1.29 is 29.0 Å². The highest BCUT2D eigenvalue weighted by Gasteiger charge is 2.35. The number of anilines is 1. The summed E-state index contributed by atoms with van der Waals surface area (Å²) in [5.74, 6) is -0.460. The molecule has 0 saturated carbocycles. The number of carboxylic acid groups (broad SMARTS) is 1. The molecule has 0 aliphatic carbocycles. The second-order valence-corrected chi connectivity index (χ2v) is 5.73. The molecule has 8 nitrogen and oxygen atoms in total. The fourth-order valence-electron chi connectivity index (χ4n) is 2.78. The van der Waals surface area contributed by atoms with Crippen LogP contribution >= 0.6 is 0 Å². The Morgan fingerprint density at radius 1 is 1.29 bits per heavy atom. The summed E-state index contributed by atoms with van der Waals surface area (Å²) >= 11 is 0. The largest absolute Gasteiger partial charge is 0.481 e. The van der Waals surface area contributed by atoms with Crippen molar-refractivity contribution in [3.05, 3.63) is 18.2 Å². The molecule has 0 spiro atoms. The number of carboxylic acids is 1. The van der Waals surface area contributed by atoms with Crippen LogP contribution in [0.25, 0.3) is 0 Å². The first kappa shape index (κ1) is 16.1. The SMILES string of the molecule is O=C(O)CCCNC(=O)C1CC(=O)N(c2ccc3c(c2)OCO3)C1. The number of hydrogen-bond donors (Lipinski definition) is 2. The van der Waals surface area contributed by atoms with Crippen LogP contribution in [0.2, 0.25) is 0 Å². The molecule has 1 saturated heterocycles. The van der Waals surface area contributed by atoms with Crippen LogP contribution in [-0.4, -0.2) is 42.8 Å². The normalized spacial score (nSPS) is 18.8. The molecule has 2 N–H and O–H groups in total. The van der Waals surface area contributed by atoms with E-state index >= 15 is 0 Å². The minimum Gasteiger partial charge on any atom is -0.481 e. The monoisotopic (exact) mass is 334 g/mol. The lowest BCUT2D eigenvalue weighted by atomic mass is 10.1. The Kier molecular flexibility index (Phi) is 4.54. The van der Waals surface area contributed by atoms with Crippen LogP contribution in [0.3, 0.4) is 0 Å². The molecule has 1 fully saturated rings. The number of nitrogens with zero attached hydrogens (tertiary/aromatic N) is 1. The van der Waals surface area contributed by atoms with E-state index in [2.05, 4.69) is 5.32 Å². The molecule has 24 heavy (non-hydrogen) atoms. The molecule has 2 amide bonds. The van der Waals surface area contributed by atoms with Gasteiger partial charge in [-0.2, -0.15) is 0 Å². The molecule has 2 heterocycles. The number of fused-ring (bicyclic) bond motifs is 1. The van der Waals surface area contributed by atoms with Crippen LogP contribution in [-0.2, 0) is 14.4 Å². The summed E-state index contributed by atoms with van der Waals surface area (Å²) in [6.45, 7) is 0.747. The predicted molar refractivity (Wildman–Crippen MR) is 82.9 cm³/mol. The summed E-state index contributed by atoms with van der Waals surface area (Å²) in [4.78, 5) is 36.3. The number of amides is 2. The van der Waals surface area contributed by atoms with E-state index in [0.29, 0.717) is 36.7 Å². The Hall–Kier alpha value is -2.77. The minimum atomic E-state index is -0.894. The van der Waals surface area contributed by atoms with Crippen molar-refractivity contribution in [1.29, 1.82) is 0 Å². The molecule has 2 aliphatic heterocycles. The standard InChI is InChI=1S/C16H18N2O6/c19-14-6-10(16(22)17-5-1-2-15(20)21)8-18(14)11-3-4-12-13(7-11)24-9-23-12/h3-4,7,10H,1-2,5-6,8-9H2,(H,17,22)(H,20,21). The zero-order valence-corrected chi connectivity index (χ0v) is 13.0. The highest BCUT2D eigenvalue weighted by Crippen LogP contribution is 2.37. The van der Waals surface area contributed by atoms with E-state index in [-0.39, 0.29) is 31.4 Å². The molecule has 0 radical (unpaired) electrons. The number of ether oxygens (including phenoxy) is 2. The maximum absolute atomic E-state index is 12.2. The summed E-state index contributed by atoms with van der Waals surface area (Å²) < 4.78 is 10.5. The van der Waals surface area contributed by atoms with Gasteiger partial charge >= 0.3 is 5.97 Å². The van der Waals surface area contributed by atoms with Gasteiger partial charge in [0, 0.05) is 37.7 Å². The maximum Gasteiger partial charge on any atom is 0.303 e. The number of nitrogens with one attached hydrogen (secondary N) is 1. The highest BCUT2D eigenvalue weighted by molar-refractivity contribution is 6.00. The van der Waals surface area contributed by atoms with Crippen molar-refractivity contribution >= 4 is 23.5 Å². The molecular formula is C16H18N2O6. The van der Waals surface area contributed by atoms with Gasteiger partial charge in [0.1, 0.15) is 0 Å². The molecule has 3 rings (SSSR count). The number of hydrogen-bond acceptors (Lipinski definition) is 5. The molecule has 1 aromatic rings. The van der Waals surface area contributed by atoms with E-state index in [4.69, 9.17) is 14.6 Å². The van der Waals surface area contributed by atoms with Crippen LogP contribution in [0.4, 0.5) is 5.69 Å².